The van der Waals surface area contributed by atoms with Gasteiger partial charge in [0.05, 0.1) is 58.3 Å². The van der Waals surface area contributed by atoms with Gasteiger partial charge in [0.15, 0.2) is 0 Å². The third-order valence-corrected chi connectivity index (χ3v) is 1.56. The molecular formula is C12H30O10. The van der Waals surface area contributed by atoms with Gasteiger partial charge in [-0.2, -0.15) is 0 Å². The first kappa shape index (κ1) is 29.2. The van der Waals surface area contributed by atoms with E-state index in [1.165, 1.54) is 6.92 Å². The largest absolute Gasteiger partial charge is 0.481 e. The summed E-state index contributed by atoms with van der Waals surface area (Å²) >= 11 is 0. The summed E-state index contributed by atoms with van der Waals surface area (Å²) in [6.45, 7) is 0.360. The summed E-state index contributed by atoms with van der Waals surface area (Å²) in [5.41, 5.74) is 0. The first-order valence-corrected chi connectivity index (χ1v) is 6.49. The number of rotatable bonds is 7. The van der Waals surface area contributed by atoms with Crippen molar-refractivity contribution >= 4 is 5.97 Å². The van der Waals surface area contributed by atoms with Crippen LogP contribution < -0.4 is 0 Å². The Bertz CT molecular complexity index is 175. The molecule has 0 saturated carbocycles. The van der Waals surface area contributed by atoms with Gasteiger partial charge in [-0.05, 0) is 6.42 Å². The minimum Gasteiger partial charge on any atom is -0.481 e. The second kappa shape index (κ2) is 28.3. The zero-order valence-electron chi connectivity index (χ0n) is 12.7. The number of carboxylic acids is 1. The molecule has 9 N–H and O–H groups in total. The van der Waals surface area contributed by atoms with Gasteiger partial charge < -0.3 is 46.0 Å². The topological polar surface area (TPSA) is 199 Å². The van der Waals surface area contributed by atoms with Crippen molar-refractivity contribution in [3.8, 4) is 0 Å². The lowest BCUT2D eigenvalue weighted by atomic mass is 10.1. The van der Waals surface area contributed by atoms with Gasteiger partial charge in [-0.15, -0.1) is 0 Å². The van der Waals surface area contributed by atoms with Gasteiger partial charge in [0.1, 0.15) is 0 Å². The predicted octanol–water partition coefficient (Wildman–Crippen LogP) is -3.64. The average molecular weight is 334 g/mol. The fraction of sp³-hybridized carbons (Fsp3) is 0.917. The molecule has 0 radical (unpaired) electrons. The molecule has 0 amide bonds. The van der Waals surface area contributed by atoms with E-state index in [1.54, 1.807) is 0 Å². The van der Waals surface area contributed by atoms with E-state index in [0.29, 0.717) is 0 Å². The average Bonchev–Trinajstić information content (AvgIpc) is 2.55. The Morgan fingerprint density at radius 1 is 0.773 bits per heavy atom. The van der Waals surface area contributed by atoms with Gasteiger partial charge in [0.2, 0.25) is 0 Å². The minimum absolute atomic E-state index is 0.103. The van der Waals surface area contributed by atoms with Crippen molar-refractivity contribution in [2.75, 3.05) is 46.2 Å². The summed E-state index contributed by atoms with van der Waals surface area (Å²) in [6.07, 6.45) is -0.808. The van der Waals surface area contributed by atoms with Crippen molar-refractivity contribution in [3.63, 3.8) is 0 Å². The Kier molecular flexibility index (Phi) is 37.6. The van der Waals surface area contributed by atoms with E-state index >= 15 is 0 Å². The normalized spacial score (nSPS) is 11.5. The van der Waals surface area contributed by atoms with Gasteiger partial charge in [-0.25, -0.2) is 0 Å². The molecule has 0 saturated heterocycles. The van der Waals surface area contributed by atoms with Crippen LogP contribution in [0.5, 0.6) is 0 Å². The molecule has 10 nitrogen and oxygen atoms in total. The number of hydrogen-bond acceptors (Lipinski definition) is 9. The Morgan fingerprint density at radius 2 is 1.05 bits per heavy atom. The fourth-order valence-electron chi connectivity index (χ4n) is 0.583. The van der Waals surface area contributed by atoms with Crippen LogP contribution in [-0.4, -0.2) is 104 Å². The highest BCUT2D eigenvalue weighted by atomic mass is 16.4. The number of carbonyl (C=O) groups is 1. The maximum Gasteiger partial charge on any atom is 0.306 e. The van der Waals surface area contributed by atoms with E-state index in [0.717, 1.165) is 0 Å². The molecule has 10 heteroatoms. The highest BCUT2D eigenvalue weighted by Gasteiger charge is 2.14. The van der Waals surface area contributed by atoms with Crippen molar-refractivity contribution in [1.29, 1.82) is 0 Å². The Hall–Kier alpha value is -0.850. The standard InChI is InChI=1S/C6H12O4.3C2H6O2/c1-4(6(9)10)2-5(8)3-7;3*3-1-2-4/h4-5,7-8H,2-3H2,1H3,(H,9,10);3*3-4H,1-2H2. The maximum atomic E-state index is 10.2. The summed E-state index contributed by atoms with van der Waals surface area (Å²) in [5, 5.41) is 71.2. The first-order valence-electron chi connectivity index (χ1n) is 6.49. The molecule has 138 valence electrons. The quantitative estimate of drug-likeness (QED) is 0.224. The summed E-state index contributed by atoms with van der Waals surface area (Å²) in [6, 6.07) is 0. The summed E-state index contributed by atoms with van der Waals surface area (Å²) in [5.74, 6) is -1.55. The molecule has 0 aliphatic heterocycles. The SMILES string of the molecule is CC(CC(O)CO)C(=O)O.OCCO.OCCO.OCCO. The summed E-state index contributed by atoms with van der Waals surface area (Å²) in [7, 11) is 0. The molecule has 0 heterocycles. The number of aliphatic hydroxyl groups is 8. The van der Waals surface area contributed by atoms with Crippen LogP contribution in [0, 0.1) is 5.92 Å². The van der Waals surface area contributed by atoms with Crippen molar-refractivity contribution in [3.05, 3.63) is 0 Å². The van der Waals surface area contributed by atoms with Gasteiger partial charge in [0.25, 0.3) is 0 Å². The van der Waals surface area contributed by atoms with Crippen LogP contribution in [0.4, 0.5) is 0 Å². The Balaban J connectivity index is -0.000000112. The number of aliphatic carboxylic acids is 1. The monoisotopic (exact) mass is 334 g/mol. The third kappa shape index (κ3) is 42.7. The Morgan fingerprint density at radius 3 is 1.18 bits per heavy atom. The van der Waals surface area contributed by atoms with E-state index in [4.69, 9.17) is 46.0 Å². The molecule has 0 aromatic rings. The number of hydrogen-bond donors (Lipinski definition) is 9. The van der Waals surface area contributed by atoms with Gasteiger partial charge in [-0.3, -0.25) is 4.79 Å². The van der Waals surface area contributed by atoms with Crippen molar-refractivity contribution in [2.24, 2.45) is 5.92 Å². The molecule has 0 aromatic carbocycles. The van der Waals surface area contributed by atoms with Crippen LogP contribution in [0.25, 0.3) is 0 Å². The molecule has 0 aliphatic rings. The van der Waals surface area contributed by atoms with Crippen LogP contribution in [0.15, 0.2) is 0 Å². The molecular weight excluding hydrogens is 304 g/mol. The molecule has 0 rings (SSSR count). The van der Waals surface area contributed by atoms with Crippen LogP contribution in [0.1, 0.15) is 13.3 Å². The van der Waals surface area contributed by atoms with Gasteiger partial charge >= 0.3 is 5.97 Å². The summed E-state index contributed by atoms with van der Waals surface area (Å²) < 4.78 is 0. The first-order chi connectivity index (χ1) is 10.3. The zero-order chi connectivity index (χ0) is 18.4. The molecule has 0 aromatic heterocycles. The predicted molar refractivity (Wildman–Crippen MR) is 77.0 cm³/mol. The van der Waals surface area contributed by atoms with Crippen molar-refractivity contribution in [1.82, 2.24) is 0 Å². The second-order valence-electron chi connectivity index (χ2n) is 3.65. The number of carboxylic acid groups (broad SMARTS) is 1. The van der Waals surface area contributed by atoms with Crippen molar-refractivity contribution in [2.45, 2.75) is 19.4 Å². The highest BCUT2D eigenvalue weighted by Crippen LogP contribution is 2.04. The molecule has 2 unspecified atom stereocenters. The lowest BCUT2D eigenvalue weighted by molar-refractivity contribution is -0.142. The molecule has 0 bridgehead atoms. The second-order valence-corrected chi connectivity index (χ2v) is 3.65. The van der Waals surface area contributed by atoms with E-state index < -0.39 is 18.0 Å². The van der Waals surface area contributed by atoms with Crippen LogP contribution in [0.2, 0.25) is 0 Å². The maximum absolute atomic E-state index is 10.2. The molecule has 0 fully saturated rings. The lowest BCUT2D eigenvalue weighted by Gasteiger charge is -2.09. The smallest absolute Gasteiger partial charge is 0.306 e. The Labute approximate surface area is 129 Å². The van der Waals surface area contributed by atoms with E-state index in [1.807, 2.05) is 0 Å². The number of aliphatic hydroxyl groups excluding tert-OH is 8. The van der Waals surface area contributed by atoms with E-state index in [9.17, 15) is 4.79 Å². The third-order valence-electron chi connectivity index (χ3n) is 1.56. The van der Waals surface area contributed by atoms with Crippen molar-refractivity contribution < 1.29 is 50.8 Å². The van der Waals surface area contributed by atoms with E-state index in [-0.39, 0.29) is 52.7 Å². The van der Waals surface area contributed by atoms with Gasteiger partial charge in [-0.1, -0.05) is 6.92 Å². The van der Waals surface area contributed by atoms with Gasteiger partial charge in [0, 0.05) is 0 Å². The zero-order valence-corrected chi connectivity index (χ0v) is 12.7. The van der Waals surface area contributed by atoms with E-state index in [2.05, 4.69) is 0 Å². The molecule has 0 spiro atoms. The lowest BCUT2D eigenvalue weighted by Crippen LogP contribution is -2.20. The molecule has 0 aliphatic carbocycles. The molecule has 22 heavy (non-hydrogen) atoms. The molecule has 2 atom stereocenters. The minimum atomic E-state index is -0.951. The van der Waals surface area contributed by atoms with Crippen LogP contribution in [-0.2, 0) is 4.79 Å². The van der Waals surface area contributed by atoms with Crippen LogP contribution in [0.3, 0.4) is 0 Å². The summed E-state index contributed by atoms with van der Waals surface area (Å²) in [4.78, 5) is 10.2. The fourth-order valence-corrected chi connectivity index (χ4v) is 0.583. The van der Waals surface area contributed by atoms with Crippen LogP contribution >= 0.6 is 0 Å². The highest BCUT2D eigenvalue weighted by molar-refractivity contribution is 5.69.